The Morgan fingerprint density at radius 1 is 1.08 bits per heavy atom. The number of benzene rings is 1. The molecule has 1 atom stereocenters. The van der Waals surface area contributed by atoms with Gasteiger partial charge in [-0.05, 0) is 49.9 Å². The maximum atomic E-state index is 13.3. The van der Waals surface area contributed by atoms with Crippen LogP contribution in [0.1, 0.15) is 43.2 Å². The first kappa shape index (κ1) is 28.6. The lowest BCUT2D eigenvalue weighted by Crippen LogP contribution is -2.53. The van der Waals surface area contributed by atoms with Crippen molar-refractivity contribution >= 4 is 23.5 Å². The third kappa shape index (κ3) is 7.18. The number of piperazine rings is 1. The molecule has 0 radical (unpaired) electrons. The summed E-state index contributed by atoms with van der Waals surface area (Å²) in [5.41, 5.74) is -2.29. The minimum absolute atomic E-state index is 0.143. The number of nitro groups is 1. The van der Waals surface area contributed by atoms with Gasteiger partial charge in [0.2, 0.25) is 0 Å². The third-order valence-electron chi connectivity index (χ3n) is 7.01. The van der Waals surface area contributed by atoms with Crippen molar-refractivity contribution in [2.45, 2.75) is 56.7 Å². The molecule has 212 valence electrons. The summed E-state index contributed by atoms with van der Waals surface area (Å²) in [6.07, 6.45) is -4.15. The molecule has 0 bridgehead atoms. The minimum Gasteiger partial charge on any atom is -0.382 e. The van der Waals surface area contributed by atoms with E-state index in [1.54, 1.807) is 6.07 Å². The van der Waals surface area contributed by atoms with Gasteiger partial charge in [0.1, 0.15) is 11.4 Å². The van der Waals surface area contributed by atoms with E-state index in [0.29, 0.717) is 57.7 Å². The molecule has 1 aromatic heterocycles. The van der Waals surface area contributed by atoms with Crippen molar-refractivity contribution in [2.24, 2.45) is 0 Å². The predicted octanol–water partition coefficient (Wildman–Crippen LogP) is 5.03. The van der Waals surface area contributed by atoms with Crippen LogP contribution in [0.4, 0.5) is 39.1 Å². The summed E-state index contributed by atoms with van der Waals surface area (Å²) in [5, 5.41) is 14.0. The van der Waals surface area contributed by atoms with E-state index in [9.17, 15) is 36.9 Å². The summed E-state index contributed by atoms with van der Waals surface area (Å²) < 4.78 is 71.4. The second kappa shape index (κ2) is 12.2. The number of carbonyl (C=O) groups is 1. The lowest BCUT2D eigenvalue weighted by atomic mass is 9.92. The van der Waals surface area contributed by atoms with Crippen LogP contribution in [0.2, 0.25) is 0 Å². The summed E-state index contributed by atoms with van der Waals surface area (Å²) in [5.74, 6) is 0.587. The number of halogens is 5. The molecule has 2 aliphatic rings. The van der Waals surface area contributed by atoms with Crippen LogP contribution in [0, 0.1) is 10.1 Å². The largest absolute Gasteiger partial charge is 0.423 e. The second-order valence-electron chi connectivity index (χ2n) is 9.54. The fourth-order valence-corrected chi connectivity index (χ4v) is 4.91. The molecule has 0 amide bonds. The molecule has 14 heteroatoms. The van der Waals surface area contributed by atoms with E-state index in [2.05, 4.69) is 10.3 Å². The predicted molar refractivity (Wildman–Crippen MR) is 132 cm³/mol. The number of carbonyl (C=O) groups excluding carboxylic acids is 1. The molecule has 1 saturated heterocycles. The Hall–Kier alpha value is -3.39. The Bertz CT molecular complexity index is 1130. The Balaban J connectivity index is 1.26. The molecule has 1 aliphatic heterocycles. The molecular formula is C25H28F5N5O4. The van der Waals surface area contributed by atoms with Gasteiger partial charge in [0.05, 0.1) is 11.0 Å². The number of aromatic nitrogens is 1. The van der Waals surface area contributed by atoms with E-state index < -0.39 is 35.0 Å². The van der Waals surface area contributed by atoms with Gasteiger partial charge in [-0.3, -0.25) is 19.8 Å². The molecule has 1 saturated carbocycles. The first-order valence-electron chi connectivity index (χ1n) is 12.5. The number of pyridine rings is 1. The Morgan fingerprint density at radius 3 is 2.31 bits per heavy atom. The normalized spacial score (nSPS) is 21.5. The molecule has 1 N–H and O–H groups in total. The summed E-state index contributed by atoms with van der Waals surface area (Å²) in [4.78, 5) is 29.7. The number of hydrogen-bond donors (Lipinski definition) is 1. The lowest BCUT2D eigenvalue weighted by Gasteiger charge is -2.39. The summed E-state index contributed by atoms with van der Waals surface area (Å²) in [7, 11) is 0. The summed E-state index contributed by atoms with van der Waals surface area (Å²) in [6.45, 7) is 2.11. The van der Waals surface area contributed by atoms with Crippen molar-refractivity contribution in [1.82, 2.24) is 9.88 Å². The van der Waals surface area contributed by atoms with Crippen LogP contribution in [0.3, 0.4) is 0 Å². The number of anilines is 2. The average Bonchev–Trinajstić information content (AvgIpc) is 2.92. The molecule has 2 fully saturated rings. The standard InChI is InChI=1S/C25H28F5N5O4/c26-24(27)16-1-8-22(31-14-16)33-9-11-34(12-10-33)23(15-36)39-19-5-2-17(3-6-19)32-18-4-7-21(35(37)38)20(13-18)25(28,29)30/h1,4,7-8,13-15,17,19,23-24,32H,2-3,5-6,9-12H2. The number of aldehydes is 1. The maximum absolute atomic E-state index is 13.3. The summed E-state index contributed by atoms with van der Waals surface area (Å²) >= 11 is 0. The van der Waals surface area contributed by atoms with Gasteiger partial charge in [-0.2, -0.15) is 13.2 Å². The third-order valence-corrected chi connectivity index (χ3v) is 7.01. The number of ether oxygens (including phenoxy) is 1. The van der Waals surface area contributed by atoms with Crippen LogP contribution < -0.4 is 10.2 Å². The van der Waals surface area contributed by atoms with Crippen molar-refractivity contribution in [3.63, 3.8) is 0 Å². The van der Waals surface area contributed by atoms with Crippen LogP contribution in [0.5, 0.6) is 0 Å². The molecule has 1 unspecified atom stereocenters. The Morgan fingerprint density at radius 2 is 1.77 bits per heavy atom. The monoisotopic (exact) mass is 557 g/mol. The van der Waals surface area contributed by atoms with Crippen molar-refractivity contribution in [3.05, 3.63) is 57.8 Å². The van der Waals surface area contributed by atoms with E-state index in [-0.39, 0.29) is 23.4 Å². The molecule has 39 heavy (non-hydrogen) atoms. The number of nitro benzene ring substituents is 1. The zero-order chi connectivity index (χ0) is 28.2. The molecular weight excluding hydrogens is 529 g/mol. The van der Waals surface area contributed by atoms with Gasteiger partial charge in [0, 0.05) is 55.7 Å². The van der Waals surface area contributed by atoms with Gasteiger partial charge < -0.3 is 15.0 Å². The van der Waals surface area contributed by atoms with E-state index in [1.165, 1.54) is 12.1 Å². The van der Waals surface area contributed by atoms with E-state index >= 15 is 0 Å². The van der Waals surface area contributed by atoms with E-state index in [0.717, 1.165) is 24.6 Å². The molecule has 9 nitrogen and oxygen atoms in total. The number of nitrogens with one attached hydrogen (secondary N) is 1. The van der Waals surface area contributed by atoms with Crippen molar-refractivity contribution in [1.29, 1.82) is 0 Å². The minimum atomic E-state index is -4.85. The van der Waals surface area contributed by atoms with Crippen molar-refractivity contribution in [2.75, 3.05) is 36.4 Å². The highest BCUT2D eigenvalue weighted by atomic mass is 19.4. The van der Waals surface area contributed by atoms with Gasteiger partial charge in [0.15, 0.2) is 12.5 Å². The molecule has 2 aromatic rings. The van der Waals surface area contributed by atoms with Gasteiger partial charge in [-0.25, -0.2) is 13.8 Å². The zero-order valence-electron chi connectivity index (χ0n) is 20.8. The number of alkyl halides is 5. The van der Waals surface area contributed by atoms with Gasteiger partial charge >= 0.3 is 6.18 Å². The molecule has 2 heterocycles. The second-order valence-corrected chi connectivity index (χ2v) is 9.54. The van der Waals surface area contributed by atoms with Crippen LogP contribution in [0.25, 0.3) is 0 Å². The molecule has 0 spiro atoms. The Labute approximate surface area is 221 Å². The highest BCUT2D eigenvalue weighted by molar-refractivity contribution is 5.56. The van der Waals surface area contributed by atoms with Crippen molar-refractivity contribution in [3.8, 4) is 0 Å². The highest BCUT2D eigenvalue weighted by Gasteiger charge is 2.38. The number of nitrogens with zero attached hydrogens (tertiary/aromatic N) is 4. The average molecular weight is 558 g/mol. The van der Waals surface area contributed by atoms with E-state index in [1.807, 2.05) is 9.80 Å². The van der Waals surface area contributed by atoms with E-state index in [4.69, 9.17) is 4.74 Å². The van der Waals surface area contributed by atoms with Gasteiger partial charge in [-0.15, -0.1) is 0 Å². The SMILES string of the molecule is O=CC(OC1CCC(Nc2ccc([N+](=O)[O-])c(C(F)(F)F)c2)CC1)N1CCN(c2ccc(C(F)F)cn2)CC1. The van der Waals surface area contributed by atoms with Crippen LogP contribution in [-0.2, 0) is 15.7 Å². The van der Waals surface area contributed by atoms with Gasteiger partial charge in [-0.1, -0.05) is 0 Å². The topological polar surface area (TPSA) is 101 Å². The summed E-state index contributed by atoms with van der Waals surface area (Å²) in [6, 6.07) is 5.63. The number of rotatable bonds is 9. The fraction of sp³-hybridized carbons (Fsp3) is 0.520. The highest BCUT2D eigenvalue weighted by Crippen LogP contribution is 2.38. The van der Waals surface area contributed by atoms with Crippen LogP contribution in [-0.4, -0.2) is 65.6 Å². The fourth-order valence-electron chi connectivity index (χ4n) is 4.91. The molecule has 4 rings (SSSR count). The lowest BCUT2D eigenvalue weighted by molar-refractivity contribution is -0.388. The quantitative estimate of drug-likeness (QED) is 0.198. The zero-order valence-corrected chi connectivity index (χ0v) is 20.8. The first-order chi connectivity index (χ1) is 18.5. The van der Waals surface area contributed by atoms with Crippen molar-refractivity contribution < 1.29 is 36.4 Å². The van der Waals surface area contributed by atoms with Crippen LogP contribution in [0.15, 0.2) is 36.5 Å². The molecule has 1 aliphatic carbocycles. The van der Waals surface area contributed by atoms with Gasteiger partial charge in [0.25, 0.3) is 12.1 Å². The smallest absolute Gasteiger partial charge is 0.382 e. The van der Waals surface area contributed by atoms with Crippen LogP contribution >= 0.6 is 0 Å². The first-order valence-corrected chi connectivity index (χ1v) is 12.5. The Kier molecular flexibility index (Phi) is 8.95. The molecule has 1 aromatic carbocycles. The maximum Gasteiger partial charge on any atom is 0.423 e. The number of hydrogen-bond acceptors (Lipinski definition) is 8.